The van der Waals surface area contributed by atoms with Crippen LogP contribution in [0.1, 0.15) is 5.56 Å². The number of hydrogen-bond acceptors (Lipinski definition) is 2. The van der Waals surface area contributed by atoms with Gasteiger partial charge in [0.1, 0.15) is 6.80 Å². The summed E-state index contributed by atoms with van der Waals surface area (Å²) in [6.45, 7) is 1.85. The molecule has 2 nitrogen and oxygen atoms in total. The molecule has 0 saturated heterocycles. The quantitative estimate of drug-likeness (QED) is 0.512. The maximum absolute atomic E-state index is 11.6. The number of alkyl halides is 1. The van der Waals surface area contributed by atoms with Crippen molar-refractivity contribution in [3.05, 3.63) is 35.9 Å². The van der Waals surface area contributed by atoms with Gasteiger partial charge in [-0.15, -0.1) is 0 Å². The van der Waals surface area contributed by atoms with Crippen LogP contribution >= 0.6 is 0 Å². The Labute approximate surface area is 78.2 Å². The molecule has 0 heterocycles. The molecule has 0 aliphatic rings. The van der Waals surface area contributed by atoms with Crippen molar-refractivity contribution < 1.29 is 4.39 Å². The summed E-state index contributed by atoms with van der Waals surface area (Å²) >= 11 is 0. The third-order valence-electron chi connectivity index (χ3n) is 1.74. The first-order valence-corrected chi connectivity index (χ1v) is 4.45. The van der Waals surface area contributed by atoms with Crippen molar-refractivity contribution in [3.8, 4) is 0 Å². The van der Waals surface area contributed by atoms with Gasteiger partial charge in [-0.3, -0.25) is 5.32 Å². The van der Waals surface area contributed by atoms with Crippen LogP contribution in [0, 0.1) is 0 Å². The van der Waals surface area contributed by atoms with E-state index < -0.39 is 6.80 Å². The van der Waals surface area contributed by atoms with E-state index in [-0.39, 0.29) is 0 Å². The Balaban J connectivity index is 2.07. The second kappa shape index (κ2) is 6.57. The van der Waals surface area contributed by atoms with Crippen LogP contribution in [0.4, 0.5) is 4.39 Å². The zero-order valence-electron chi connectivity index (χ0n) is 7.59. The highest BCUT2D eigenvalue weighted by Crippen LogP contribution is 1.96. The van der Waals surface area contributed by atoms with Crippen LogP contribution < -0.4 is 10.6 Å². The van der Waals surface area contributed by atoms with Crippen molar-refractivity contribution >= 4 is 0 Å². The average Bonchev–Trinajstić information content (AvgIpc) is 2.19. The molecule has 0 radical (unpaired) electrons. The monoisotopic (exact) mass is 182 g/mol. The highest BCUT2D eigenvalue weighted by Gasteiger charge is 1.89. The van der Waals surface area contributed by atoms with E-state index in [1.165, 1.54) is 5.56 Å². The zero-order chi connectivity index (χ0) is 9.36. The summed E-state index contributed by atoms with van der Waals surface area (Å²) < 4.78 is 11.6. The lowest BCUT2D eigenvalue weighted by molar-refractivity contribution is 0.423. The molecule has 0 aromatic heterocycles. The summed E-state index contributed by atoms with van der Waals surface area (Å²) in [4.78, 5) is 0. The van der Waals surface area contributed by atoms with Gasteiger partial charge < -0.3 is 5.32 Å². The van der Waals surface area contributed by atoms with E-state index >= 15 is 0 Å². The molecule has 1 aromatic carbocycles. The van der Waals surface area contributed by atoms with Crippen molar-refractivity contribution in [2.24, 2.45) is 0 Å². The van der Waals surface area contributed by atoms with Gasteiger partial charge in [-0.1, -0.05) is 30.3 Å². The van der Waals surface area contributed by atoms with Gasteiger partial charge in [0.25, 0.3) is 0 Å². The Morgan fingerprint density at radius 1 is 1.00 bits per heavy atom. The van der Waals surface area contributed by atoms with E-state index in [0.717, 1.165) is 13.1 Å². The molecule has 13 heavy (non-hydrogen) atoms. The Morgan fingerprint density at radius 3 is 2.38 bits per heavy atom. The summed E-state index contributed by atoms with van der Waals surface area (Å²) in [5.74, 6) is 0. The van der Waals surface area contributed by atoms with E-state index in [4.69, 9.17) is 0 Å². The molecule has 2 N–H and O–H groups in total. The van der Waals surface area contributed by atoms with Crippen LogP contribution in [0.25, 0.3) is 0 Å². The Bertz CT molecular complexity index is 213. The maximum Gasteiger partial charge on any atom is 0.140 e. The third-order valence-corrected chi connectivity index (χ3v) is 1.74. The van der Waals surface area contributed by atoms with Crippen LogP contribution in [0.3, 0.4) is 0 Å². The van der Waals surface area contributed by atoms with Crippen LogP contribution in [0.2, 0.25) is 0 Å². The minimum Gasteiger partial charge on any atom is -0.311 e. The first-order valence-electron chi connectivity index (χ1n) is 4.45. The normalized spacial score (nSPS) is 10.2. The predicted octanol–water partition coefficient (Wildman–Crippen LogP) is 1.29. The van der Waals surface area contributed by atoms with Crippen LogP contribution in [0.15, 0.2) is 30.3 Å². The molecule has 0 saturated carbocycles. The Hall–Kier alpha value is -0.930. The lowest BCUT2D eigenvalue weighted by Gasteiger charge is -2.03. The lowest BCUT2D eigenvalue weighted by Crippen LogP contribution is -2.26. The van der Waals surface area contributed by atoms with Crippen LogP contribution in [-0.2, 0) is 6.54 Å². The largest absolute Gasteiger partial charge is 0.311 e. The predicted molar refractivity (Wildman–Crippen MR) is 52.1 cm³/mol. The highest BCUT2D eigenvalue weighted by atomic mass is 19.1. The van der Waals surface area contributed by atoms with Crippen molar-refractivity contribution in [1.82, 2.24) is 10.6 Å². The molecule has 0 atom stereocenters. The van der Waals surface area contributed by atoms with Crippen molar-refractivity contribution in [1.29, 1.82) is 0 Å². The third kappa shape index (κ3) is 4.60. The molecule has 3 heteroatoms. The SMILES string of the molecule is FCNCCNCc1ccccc1. The van der Waals surface area contributed by atoms with E-state index in [2.05, 4.69) is 22.8 Å². The van der Waals surface area contributed by atoms with Crippen molar-refractivity contribution in [2.75, 3.05) is 19.9 Å². The smallest absolute Gasteiger partial charge is 0.140 e. The number of halogens is 1. The second-order valence-corrected chi connectivity index (χ2v) is 2.80. The second-order valence-electron chi connectivity index (χ2n) is 2.80. The number of nitrogens with one attached hydrogen (secondary N) is 2. The number of rotatable bonds is 6. The Kier molecular flexibility index (Phi) is 5.13. The van der Waals surface area contributed by atoms with E-state index in [0.29, 0.717) is 6.54 Å². The van der Waals surface area contributed by atoms with Gasteiger partial charge in [0.15, 0.2) is 0 Å². The van der Waals surface area contributed by atoms with Gasteiger partial charge in [-0.25, -0.2) is 4.39 Å². The molecule has 1 aromatic rings. The first kappa shape index (κ1) is 10.2. The fraction of sp³-hybridized carbons (Fsp3) is 0.400. The molecular weight excluding hydrogens is 167 g/mol. The number of benzene rings is 1. The minimum absolute atomic E-state index is 0.451. The molecule has 72 valence electrons. The average molecular weight is 182 g/mol. The van der Waals surface area contributed by atoms with E-state index in [9.17, 15) is 4.39 Å². The molecule has 0 amide bonds. The molecule has 0 unspecified atom stereocenters. The fourth-order valence-corrected chi connectivity index (χ4v) is 1.07. The summed E-state index contributed by atoms with van der Waals surface area (Å²) in [5, 5.41) is 5.81. The van der Waals surface area contributed by atoms with E-state index in [1.54, 1.807) is 0 Å². The molecule has 0 aliphatic heterocycles. The van der Waals surface area contributed by atoms with Gasteiger partial charge >= 0.3 is 0 Å². The first-order chi connectivity index (χ1) is 6.43. The van der Waals surface area contributed by atoms with Gasteiger partial charge in [0.2, 0.25) is 0 Å². The fourth-order valence-electron chi connectivity index (χ4n) is 1.07. The summed E-state index contributed by atoms with van der Waals surface area (Å²) in [6.07, 6.45) is 0. The molecule has 0 aliphatic carbocycles. The zero-order valence-corrected chi connectivity index (χ0v) is 7.59. The highest BCUT2D eigenvalue weighted by molar-refractivity contribution is 5.14. The number of hydrogen-bond donors (Lipinski definition) is 2. The van der Waals surface area contributed by atoms with Crippen LogP contribution in [0.5, 0.6) is 0 Å². The molecule has 0 bridgehead atoms. The van der Waals surface area contributed by atoms with Gasteiger partial charge in [-0.2, -0.15) is 0 Å². The van der Waals surface area contributed by atoms with E-state index in [1.807, 2.05) is 18.2 Å². The standard InChI is InChI=1S/C10H15FN2/c11-9-13-7-6-12-8-10-4-2-1-3-5-10/h1-5,12-13H,6-9H2. The molecule has 1 rings (SSSR count). The minimum atomic E-state index is -0.451. The Morgan fingerprint density at radius 2 is 1.69 bits per heavy atom. The van der Waals surface area contributed by atoms with Gasteiger partial charge in [0.05, 0.1) is 0 Å². The van der Waals surface area contributed by atoms with Gasteiger partial charge in [-0.05, 0) is 5.56 Å². The molecule has 0 fully saturated rings. The van der Waals surface area contributed by atoms with Gasteiger partial charge in [0, 0.05) is 19.6 Å². The molecule has 0 spiro atoms. The summed E-state index contributed by atoms with van der Waals surface area (Å²) in [6, 6.07) is 10.1. The maximum atomic E-state index is 11.6. The van der Waals surface area contributed by atoms with Crippen LogP contribution in [-0.4, -0.2) is 19.9 Å². The topological polar surface area (TPSA) is 24.1 Å². The molecular formula is C10H15FN2. The summed E-state index contributed by atoms with van der Waals surface area (Å²) in [5.41, 5.74) is 1.25. The lowest BCUT2D eigenvalue weighted by atomic mass is 10.2. The summed E-state index contributed by atoms with van der Waals surface area (Å²) in [7, 11) is 0. The van der Waals surface area contributed by atoms with Crippen molar-refractivity contribution in [2.45, 2.75) is 6.54 Å². The van der Waals surface area contributed by atoms with Crippen molar-refractivity contribution in [3.63, 3.8) is 0 Å².